The second-order valence-corrected chi connectivity index (χ2v) is 12.5. The number of amides is 1. The third-order valence-electron chi connectivity index (χ3n) is 6.69. The number of nitrogens with one attached hydrogen (secondary N) is 2. The molecule has 238 valence electrons. The zero-order valence-corrected chi connectivity index (χ0v) is 26.7. The number of carbonyl (C=O) groups is 1. The van der Waals surface area contributed by atoms with E-state index < -0.39 is 24.9 Å². The number of hydrogen-bond donors (Lipinski definition) is 2. The van der Waals surface area contributed by atoms with Gasteiger partial charge < -0.3 is 24.9 Å². The molecule has 0 fully saturated rings. The molecule has 1 aliphatic heterocycles. The van der Waals surface area contributed by atoms with Crippen LogP contribution < -0.4 is 15.5 Å². The van der Waals surface area contributed by atoms with Crippen LogP contribution in [-0.2, 0) is 13.0 Å². The molecule has 3 aromatic rings. The maximum Gasteiger partial charge on any atom is 0.405 e. The van der Waals surface area contributed by atoms with Gasteiger partial charge in [0, 0.05) is 35.9 Å². The number of nitrogens with zero attached hydrogens (tertiary/aromatic N) is 4. The maximum absolute atomic E-state index is 13.6. The number of halogens is 4. The molecule has 3 unspecified atom stereocenters. The van der Waals surface area contributed by atoms with Crippen LogP contribution in [-0.4, -0.2) is 78.1 Å². The fraction of sp³-hybridized carbons (Fsp3) is 0.552. The summed E-state index contributed by atoms with van der Waals surface area (Å²) in [5.74, 6) is 1.10. The zero-order valence-electron chi connectivity index (χ0n) is 25.1. The van der Waals surface area contributed by atoms with Crippen LogP contribution >= 0.6 is 23.1 Å². The predicted octanol–water partition coefficient (Wildman–Crippen LogP) is 6.58. The van der Waals surface area contributed by atoms with Crippen LogP contribution in [0.1, 0.15) is 60.3 Å². The van der Waals surface area contributed by atoms with Crippen LogP contribution in [0.15, 0.2) is 40.1 Å². The minimum Gasteiger partial charge on any atom is -0.421 e. The summed E-state index contributed by atoms with van der Waals surface area (Å²) < 4.78 is 59.8. The van der Waals surface area contributed by atoms with Gasteiger partial charge in [-0.3, -0.25) is 4.79 Å². The molecule has 43 heavy (non-hydrogen) atoms. The standard InChI is InChI=1S/C26H32F4N6O2S.C3H8S/c1-16(27)14-35(3)10-9-17(2)32-19-6-4-7-20-18(19)12-21(36(20)15-26(28,29)30)25-34-33-23(38-25)13-31-24(37)22-8-5-11-39-22;1-3-4-2/h4-8,11,16-17,21,32H,9-10,12-15H2,1-3H3,(H,31,37);3H2,1-2H3. The van der Waals surface area contributed by atoms with Crippen molar-refractivity contribution in [2.75, 3.05) is 48.9 Å². The molecule has 1 aliphatic rings. The SMILES string of the molecule is CC(F)CN(C)CCC(C)Nc1cccc2c1CC(c1nnc(CNC(=O)c3cccs3)o1)N2CC(F)(F)F.CCSC. The number of carbonyl (C=O) groups excluding carboxylic acids is 1. The van der Waals surface area contributed by atoms with E-state index in [1.165, 1.54) is 28.9 Å². The Hall–Kier alpha value is -2.84. The van der Waals surface area contributed by atoms with Gasteiger partial charge in [0.25, 0.3) is 5.91 Å². The van der Waals surface area contributed by atoms with Gasteiger partial charge in [-0.1, -0.05) is 19.1 Å². The van der Waals surface area contributed by atoms with Crippen LogP contribution in [0.5, 0.6) is 0 Å². The summed E-state index contributed by atoms with van der Waals surface area (Å²) >= 11 is 3.14. The molecule has 0 spiro atoms. The first-order valence-electron chi connectivity index (χ1n) is 14.1. The van der Waals surface area contributed by atoms with E-state index in [4.69, 9.17) is 4.42 Å². The Kier molecular flexibility index (Phi) is 13.1. The number of fused-ring (bicyclic) bond motifs is 1. The zero-order chi connectivity index (χ0) is 31.6. The van der Waals surface area contributed by atoms with Gasteiger partial charge in [-0.15, -0.1) is 21.5 Å². The summed E-state index contributed by atoms with van der Waals surface area (Å²) in [6.45, 7) is 5.44. The molecule has 8 nitrogen and oxygen atoms in total. The molecule has 4 rings (SSSR count). The first kappa shape index (κ1) is 34.6. The fourth-order valence-corrected chi connectivity index (χ4v) is 5.31. The number of benzene rings is 1. The molecule has 0 saturated carbocycles. The van der Waals surface area contributed by atoms with Crippen molar-refractivity contribution in [3.8, 4) is 0 Å². The van der Waals surface area contributed by atoms with E-state index in [-0.39, 0.29) is 36.7 Å². The predicted molar refractivity (Wildman–Crippen MR) is 166 cm³/mol. The Bertz CT molecular complexity index is 1270. The van der Waals surface area contributed by atoms with Gasteiger partial charge in [0.1, 0.15) is 18.8 Å². The molecule has 2 N–H and O–H groups in total. The van der Waals surface area contributed by atoms with Gasteiger partial charge in [0.15, 0.2) is 0 Å². The van der Waals surface area contributed by atoms with Gasteiger partial charge in [-0.25, -0.2) is 4.39 Å². The van der Waals surface area contributed by atoms with E-state index in [9.17, 15) is 22.4 Å². The van der Waals surface area contributed by atoms with E-state index in [1.807, 2.05) is 36.7 Å². The number of thioether (sulfide) groups is 1. The summed E-state index contributed by atoms with van der Waals surface area (Å²) in [6, 6.07) is 7.85. The molecule has 14 heteroatoms. The Balaban J connectivity index is 0.00000119. The maximum atomic E-state index is 13.6. The first-order chi connectivity index (χ1) is 20.4. The van der Waals surface area contributed by atoms with Crippen LogP contribution in [0.2, 0.25) is 0 Å². The minimum absolute atomic E-state index is 0.00551. The Morgan fingerprint density at radius 2 is 2.00 bits per heavy atom. The quantitative estimate of drug-likeness (QED) is 0.202. The number of alkyl halides is 4. The van der Waals surface area contributed by atoms with Gasteiger partial charge in [-0.2, -0.15) is 24.9 Å². The van der Waals surface area contributed by atoms with Crippen molar-refractivity contribution < 1.29 is 26.8 Å². The Labute approximate surface area is 258 Å². The number of anilines is 2. The van der Waals surface area contributed by atoms with Crippen molar-refractivity contribution in [2.24, 2.45) is 0 Å². The average molecular weight is 645 g/mol. The normalized spacial score (nSPS) is 16.0. The highest BCUT2D eigenvalue weighted by molar-refractivity contribution is 7.98. The molecule has 3 atom stereocenters. The van der Waals surface area contributed by atoms with Crippen molar-refractivity contribution in [1.82, 2.24) is 20.4 Å². The van der Waals surface area contributed by atoms with Gasteiger partial charge in [0.2, 0.25) is 11.8 Å². The van der Waals surface area contributed by atoms with Crippen molar-refractivity contribution >= 4 is 40.4 Å². The fourth-order valence-electron chi connectivity index (χ4n) is 4.67. The second kappa shape index (κ2) is 16.3. The second-order valence-electron chi connectivity index (χ2n) is 10.4. The lowest BCUT2D eigenvalue weighted by Crippen LogP contribution is -2.35. The van der Waals surface area contributed by atoms with Crippen LogP contribution in [0.4, 0.5) is 28.9 Å². The molecule has 0 aliphatic carbocycles. The number of aromatic nitrogens is 2. The molecule has 1 amide bonds. The highest BCUT2D eigenvalue weighted by Crippen LogP contribution is 2.44. The monoisotopic (exact) mass is 644 g/mol. The van der Waals surface area contributed by atoms with Crippen LogP contribution in [0.25, 0.3) is 0 Å². The molecular formula is C29H40F4N6O2S2. The third-order valence-corrected chi connectivity index (χ3v) is 8.14. The van der Waals surface area contributed by atoms with Gasteiger partial charge in [-0.05, 0) is 69.4 Å². The van der Waals surface area contributed by atoms with Gasteiger partial charge in [0.05, 0.1) is 11.4 Å². The summed E-state index contributed by atoms with van der Waals surface area (Å²) in [5.41, 5.74) is 1.91. The van der Waals surface area contributed by atoms with E-state index in [1.54, 1.807) is 29.6 Å². The molecule has 0 saturated heterocycles. The van der Waals surface area contributed by atoms with Crippen molar-refractivity contribution in [3.63, 3.8) is 0 Å². The summed E-state index contributed by atoms with van der Waals surface area (Å²) in [4.78, 5) is 15.9. The Morgan fingerprint density at radius 3 is 2.63 bits per heavy atom. The minimum atomic E-state index is -4.45. The molecule has 0 bridgehead atoms. The van der Waals surface area contributed by atoms with E-state index in [2.05, 4.69) is 34.0 Å². The largest absolute Gasteiger partial charge is 0.421 e. The lowest BCUT2D eigenvalue weighted by atomic mass is 10.1. The number of thiophene rings is 1. The summed E-state index contributed by atoms with van der Waals surface area (Å²) in [6.07, 6.45) is -2.31. The molecular weight excluding hydrogens is 604 g/mol. The topological polar surface area (TPSA) is 86.5 Å². The van der Waals surface area contributed by atoms with E-state index in [0.29, 0.717) is 23.7 Å². The highest BCUT2D eigenvalue weighted by Gasteiger charge is 2.42. The van der Waals surface area contributed by atoms with Gasteiger partial charge >= 0.3 is 6.18 Å². The van der Waals surface area contributed by atoms with E-state index >= 15 is 0 Å². The highest BCUT2D eigenvalue weighted by atomic mass is 32.2. The molecule has 2 aromatic heterocycles. The third kappa shape index (κ3) is 10.7. The molecule has 1 aromatic carbocycles. The molecule has 0 radical (unpaired) electrons. The number of hydrogen-bond acceptors (Lipinski definition) is 9. The van der Waals surface area contributed by atoms with Crippen LogP contribution in [0.3, 0.4) is 0 Å². The average Bonchev–Trinajstić information content (AvgIpc) is 3.71. The smallest absolute Gasteiger partial charge is 0.405 e. The van der Waals surface area contributed by atoms with Crippen molar-refractivity contribution in [2.45, 2.75) is 64.6 Å². The van der Waals surface area contributed by atoms with Crippen LogP contribution in [0, 0.1) is 0 Å². The van der Waals surface area contributed by atoms with Crippen molar-refractivity contribution in [3.05, 3.63) is 57.9 Å². The first-order valence-corrected chi connectivity index (χ1v) is 16.4. The van der Waals surface area contributed by atoms with Crippen molar-refractivity contribution in [1.29, 1.82) is 0 Å². The summed E-state index contributed by atoms with van der Waals surface area (Å²) in [7, 11) is 1.86. The summed E-state index contributed by atoms with van der Waals surface area (Å²) in [5, 5.41) is 15.9. The lowest BCUT2D eigenvalue weighted by Gasteiger charge is -2.26. The lowest BCUT2D eigenvalue weighted by molar-refractivity contribution is -0.120. The molecule has 3 heterocycles. The van der Waals surface area contributed by atoms with E-state index in [0.717, 1.165) is 17.7 Å². The Morgan fingerprint density at radius 1 is 1.26 bits per heavy atom. The number of rotatable bonds is 13.